The number of rotatable bonds is 6. The Morgan fingerprint density at radius 2 is 2.37 bits per heavy atom. The van der Waals surface area contributed by atoms with Crippen molar-refractivity contribution in [3.8, 4) is 0 Å². The van der Waals surface area contributed by atoms with E-state index < -0.39 is 4.92 Å². The van der Waals surface area contributed by atoms with Crippen LogP contribution in [-0.4, -0.2) is 32.1 Å². The number of nitrogens with one attached hydrogen (secondary N) is 1. The summed E-state index contributed by atoms with van der Waals surface area (Å²) in [5, 5.41) is 25.2. The minimum absolute atomic E-state index is 0.0828. The highest BCUT2D eigenvalue weighted by molar-refractivity contribution is 7.15. The molecule has 0 aliphatic carbocycles. The Bertz CT molecular complexity index is 578. The average Bonchev–Trinajstić information content (AvgIpc) is 2.86. The van der Waals surface area contributed by atoms with E-state index >= 15 is 0 Å². The maximum Gasteiger partial charge on any atom is 0.372 e. The molecule has 0 amide bonds. The van der Waals surface area contributed by atoms with Crippen molar-refractivity contribution in [1.29, 1.82) is 0 Å². The number of thiazole rings is 1. The molecule has 8 heteroatoms. The molecule has 1 atom stereocenters. The van der Waals surface area contributed by atoms with E-state index in [4.69, 9.17) is 0 Å². The molecule has 0 aromatic carbocycles. The van der Waals surface area contributed by atoms with Crippen LogP contribution < -0.4 is 5.32 Å². The van der Waals surface area contributed by atoms with E-state index in [1.54, 1.807) is 11.6 Å². The van der Waals surface area contributed by atoms with Gasteiger partial charge >= 0.3 is 5.82 Å². The van der Waals surface area contributed by atoms with E-state index in [9.17, 15) is 15.2 Å². The normalized spacial score (nSPS) is 13.1. The molecule has 0 aliphatic heterocycles. The summed E-state index contributed by atoms with van der Waals surface area (Å²) in [6.45, 7) is 3.98. The van der Waals surface area contributed by atoms with Crippen LogP contribution in [0, 0.1) is 16.0 Å². The van der Waals surface area contributed by atoms with Crippen molar-refractivity contribution in [3.05, 3.63) is 21.7 Å². The van der Waals surface area contributed by atoms with Gasteiger partial charge in [0.05, 0.1) is 12.6 Å². The van der Waals surface area contributed by atoms with Crippen LogP contribution in [0.2, 0.25) is 0 Å². The molecule has 0 radical (unpaired) electrons. The minimum atomic E-state index is -0.459. The largest absolute Gasteiger partial charge is 0.394 e. The van der Waals surface area contributed by atoms with Crippen molar-refractivity contribution < 1.29 is 10.0 Å². The molecule has 2 aromatic heterocycles. The Morgan fingerprint density at radius 3 is 2.95 bits per heavy atom. The Hall–Kier alpha value is -1.67. The molecular weight excluding hydrogens is 268 g/mol. The summed E-state index contributed by atoms with van der Waals surface area (Å²) in [6.07, 6.45) is 2.34. The molecule has 0 bridgehead atoms. The second-order valence-corrected chi connectivity index (χ2v) is 5.62. The van der Waals surface area contributed by atoms with Gasteiger partial charge in [0.1, 0.15) is 6.20 Å². The van der Waals surface area contributed by atoms with E-state index in [1.807, 2.05) is 13.8 Å². The first-order chi connectivity index (χ1) is 9.02. The van der Waals surface area contributed by atoms with Gasteiger partial charge in [-0.25, -0.2) is 0 Å². The highest BCUT2D eigenvalue weighted by Gasteiger charge is 2.25. The number of anilines is 1. The minimum Gasteiger partial charge on any atom is -0.394 e. The zero-order valence-corrected chi connectivity index (χ0v) is 11.6. The highest BCUT2D eigenvalue weighted by atomic mass is 32.1. The number of aromatic nitrogens is 2. The number of hydrogen-bond donors (Lipinski definition) is 2. The third kappa shape index (κ3) is 2.85. The second kappa shape index (κ2) is 5.54. The van der Waals surface area contributed by atoms with Crippen LogP contribution >= 0.6 is 11.3 Å². The molecule has 2 aromatic rings. The van der Waals surface area contributed by atoms with Crippen molar-refractivity contribution in [2.75, 3.05) is 11.9 Å². The summed E-state index contributed by atoms with van der Waals surface area (Å²) in [5.41, 5.74) is 0. The van der Waals surface area contributed by atoms with Gasteiger partial charge in [0, 0.05) is 5.38 Å². The molecule has 0 saturated heterocycles. The van der Waals surface area contributed by atoms with Crippen molar-refractivity contribution in [2.45, 2.75) is 26.3 Å². The van der Waals surface area contributed by atoms with Gasteiger partial charge in [-0.2, -0.15) is 9.38 Å². The van der Waals surface area contributed by atoms with Gasteiger partial charge in [0.25, 0.3) is 4.96 Å². The van der Waals surface area contributed by atoms with Gasteiger partial charge in [0.2, 0.25) is 5.82 Å². The smallest absolute Gasteiger partial charge is 0.372 e. The number of nitrogens with zero attached hydrogens (tertiary/aromatic N) is 3. The first kappa shape index (κ1) is 13.8. The molecule has 7 nitrogen and oxygen atoms in total. The fourth-order valence-electron chi connectivity index (χ4n) is 1.99. The standard InChI is InChI=1S/C11H16N4O3S/c1-7(2)5-8(6-16)12-9-10(15(17)18)14-3-4-19-11(14)13-9/h3-4,7-8,12,16H,5-6H2,1-2H3. The van der Waals surface area contributed by atoms with Gasteiger partial charge in [0.15, 0.2) is 0 Å². The van der Waals surface area contributed by atoms with Gasteiger partial charge in [-0.3, -0.25) is 0 Å². The van der Waals surface area contributed by atoms with E-state index in [1.165, 1.54) is 15.7 Å². The second-order valence-electron chi connectivity index (χ2n) is 4.75. The van der Waals surface area contributed by atoms with Crippen molar-refractivity contribution >= 4 is 27.9 Å². The predicted molar refractivity (Wildman–Crippen MR) is 73.7 cm³/mol. The van der Waals surface area contributed by atoms with E-state index in [0.29, 0.717) is 10.9 Å². The van der Waals surface area contributed by atoms with Gasteiger partial charge in [-0.1, -0.05) is 25.2 Å². The lowest BCUT2D eigenvalue weighted by molar-refractivity contribution is -0.389. The molecule has 0 saturated carbocycles. The SMILES string of the molecule is CC(C)CC(CO)Nc1nc2sccn2c1[N+](=O)[O-]. The zero-order valence-electron chi connectivity index (χ0n) is 10.7. The fourth-order valence-corrected chi connectivity index (χ4v) is 2.70. The average molecular weight is 284 g/mol. The van der Waals surface area contributed by atoms with Crippen LogP contribution in [0.3, 0.4) is 0 Å². The van der Waals surface area contributed by atoms with Crippen LogP contribution in [0.25, 0.3) is 4.96 Å². The number of nitro groups is 1. The van der Waals surface area contributed by atoms with Crippen LogP contribution in [0.1, 0.15) is 20.3 Å². The molecule has 19 heavy (non-hydrogen) atoms. The number of aliphatic hydroxyl groups excluding tert-OH is 1. The topological polar surface area (TPSA) is 92.7 Å². The molecular formula is C11H16N4O3S. The molecule has 0 spiro atoms. The number of imidazole rings is 1. The maximum absolute atomic E-state index is 11.1. The van der Waals surface area contributed by atoms with E-state index in [0.717, 1.165) is 6.42 Å². The molecule has 2 N–H and O–H groups in total. The summed E-state index contributed by atoms with van der Waals surface area (Å²) in [5.74, 6) is 0.516. The monoisotopic (exact) mass is 284 g/mol. The van der Waals surface area contributed by atoms with Crippen LogP contribution in [0.5, 0.6) is 0 Å². The van der Waals surface area contributed by atoms with Crippen molar-refractivity contribution in [3.63, 3.8) is 0 Å². The van der Waals surface area contributed by atoms with Crippen LogP contribution in [-0.2, 0) is 0 Å². The summed E-state index contributed by atoms with van der Waals surface area (Å²) < 4.78 is 1.44. The lowest BCUT2D eigenvalue weighted by Crippen LogP contribution is -2.26. The quantitative estimate of drug-likeness (QED) is 0.626. The van der Waals surface area contributed by atoms with Crippen molar-refractivity contribution in [1.82, 2.24) is 9.38 Å². The van der Waals surface area contributed by atoms with Crippen LogP contribution in [0.4, 0.5) is 11.6 Å². The van der Waals surface area contributed by atoms with Gasteiger partial charge < -0.3 is 20.5 Å². The number of aliphatic hydroxyl groups is 1. The number of hydrogen-bond acceptors (Lipinski definition) is 6. The summed E-state index contributed by atoms with van der Waals surface area (Å²) in [4.78, 5) is 15.4. The molecule has 2 heterocycles. The summed E-state index contributed by atoms with van der Waals surface area (Å²) >= 11 is 1.33. The highest BCUT2D eigenvalue weighted by Crippen LogP contribution is 2.29. The first-order valence-electron chi connectivity index (χ1n) is 6.00. The van der Waals surface area contributed by atoms with Gasteiger partial charge in [-0.15, -0.1) is 0 Å². The van der Waals surface area contributed by atoms with E-state index in [2.05, 4.69) is 10.3 Å². The predicted octanol–water partition coefficient (Wildman–Crippen LogP) is 2.12. The van der Waals surface area contributed by atoms with E-state index in [-0.39, 0.29) is 24.3 Å². The third-order valence-electron chi connectivity index (χ3n) is 2.73. The lowest BCUT2D eigenvalue weighted by Gasteiger charge is -2.17. The zero-order chi connectivity index (χ0) is 14.0. The Morgan fingerprint density at radius 1 is 1.63 bits per heavy atom. The molecule has 104 valence electrons. The molecule has 2 rings (SSSR count). The summed E-state index contributed by atoms with van der Waals surface area (Å²) in [7, 11) is 0. The molecule has 0 fully saturated rings. The first-order valence-corrected chi connectivity index (χ1v) is 6.88. The molecule has 0 aliphatic rings. The number of fused-ring (bicyclic) bond motifs is 1. The maximum atomic E-state index is 11.1. The Labute approximate surface area is 114 Å². The summed E-state index contributed by atoms with van der Waals surface area (Å²) in [6, 6.07) is -0.233. The fraction of sp³-hybridized carbons (Fsp3) is 0.545. The third-order valence-corrected chi connectivity index (χ3v) is 3.48. The van der Waals surface area contributed by atoms with Crippen LogP contribution in [0.15, 0.2) is 11.6 Å². The Balaban J connectivity index is 2.30. The van der Waals surface area contributed by atoms with Crippen molar-refractivity contribution in [2.24, 2.45) is 5.92 Å². The lowest BCUT2D eigenvalue weighted by atomic mass is 10.0. The van der Waals surface area contributed by atoms with Gasteiger partial charge in [-0.05, 0) is 17.3 Å². The molecule has 1 unspecified atom stereocenters. The Kier molecular flexibility index (Phi) is 4.01.